The number of carbonyl (C=O) groups is 1. The van der Waals surface area contributed by atoms with Gasteiger partial charge < -0.3 is 14.4 Å². The summed E-state index contributed by atoms with van der Waals surface area (Å²) >= 11 is 0. The maximum atomic E-state index is 13.0. The normalized spacial score (nSPS) is 14.5. The Morgan fingerprint density at radius 1 is 1.06 bits per heavy atom. The van der Waals surface area contributed by atoms with Crippen molar-refractivity contribution in [2.75, 3.05) is 46.9 Å². The molecule has 0 atom stereocenters. The molecule has 0 unspecified atom stereocenters. The van der Waals surface area contributed by atoms with Gasteiger partial charge in [0.2, 0.25) is 5.91 Å². The number of rotatable bonds is 7. The molecule has 2 aromatic heterocycles. The van der Waals surface area contributed by atoms with Crippen molar-refractivity contribution in [3.05, 3.63) is 58.8 Å². The Balaban J connectivity index is 1.40. The van der Waals surface area contributed by atoms with Crippen molar-refractivity contribution >= 4 is 16.7 Å². The van der Waals surface area contributed by atoms with Gasteiger partial charge in [0.05, 0.1) is 25.8 Å². The number of pyridine rings is 1. The summed E-state index contributed by atoms with van der Waals surface area (Å²) in [5, 5.41) is 5.19. The molecule has 3 heterocycles. The summed E-state index contributed by atoms with van der Waals surface area (Å²) in [6, 6.07) is 9.41. The van der Waals surface area contributed by atoms with Gasteiger partial charge in [0, 0.05) is 56.4 Å². The number of methoxy groups -OCH3 is 2. The summed E-state index contributed by atoms with van der Waals surface area (Å²) < 4.78 is 11.9. The van der Waals surface area contributed by atoms with Gasteiger partial charge in [-0.05, 0) is 24.3 Å². The Bertz CT molecular complexity index is 1140. The van der Waals surface area contributed by atoms with E-state index in [1.807, 2.05) is 18.2 Å². The van der Waals surface area contributed by atoms with Crippen LogP contribution in [0.25, 0.3) is 10.8 Å². The highest BCUT2D eigenvalue weighted by molar-refractivity contribution is 5.89. The summed E-state index contributed by atoms with van der Waals surface area (Å²) in [6.07, 6.45) is 4.26. The minimum absolute atomic E-state index is 0.108. The maximum absolute atomic E-state index is 13.0. The van der Waals surface area contributed by atoms with Crippen molar-refractivity contribution in [2.24, 2.45) is 0 Å². The molecule has 0 saturated carbocycles. The summed E-state index contributed by atoms with van der Waals surface area (Å²) in [5.74, 6) is 0.688. The summed E-state index contributed by atoms with van der Waals surface area (Å²) in [7, 11) is 3.00. The smallest absolute Gasteiger partial charge is 0.279 e. The van der Waals surface area contributed by atoms with Crippen molar-refractivity contribution in [3.63, 3.8) is 0 Å². The van der Waals surface area contributed by atoms with Crippen LogP contribution in [0.3, 0.4) is 0 Å². The first-order chi connectivity index (χ1) is 15.6. The van der Waals surface area contributed by atoms with Crippen LogP contribution in [0.4, 0.5) is 0 Å². The van der Waals surface area contributed by atoms with Gasteiger partial charge in [0.1, 0.15) is 6.54 Å². The zero-order chi connectivity index (χ0) is 22.5. The Labute approximate surface area is 186 Å². The third-order valence-corrected chi connectivity index (χ3v) is 5.78. The van der Waals surface area contributed by atoms with Crippen molar-refractivity contribution in [1.29, 1.82) is 0 Å². The molecule has 0 N–H and O–H groups in total. The van der Waals surface area contributed by atoms with Crippen LogP contribution in [0.5, 0.6) is 11.5 Å². The second-order valence-corrected chi connectivity index (χ2v) is 7.67. The molecule has 0 spiro atoms. The summed E-state index contributed by atoms with van der Waals surface area (Å²) in [5.41, 5.74) is 0.695. The third-order valence-electron chi connectivity index (χ3n) is 5.78. The standard InChI is InChI=1S/C23H27N5O4/c1-31-19-7-6-17-15-25-28(23(30)21(17)22(19)32-2)16-20(29)27-13-11-26(12-14-27)10-8-18-5-3-4-9-24-18/h3-7,9,15H,8,10-14,16H2,1-2H3. The van der Waals surface area contributed by atoms with Crippen LogP contribution in [-0.4, -0.2) is 77.4 Å². The van der Waals surface area contributed by atoms with E-state index < -0.39 is 0 Å². The van der Waals surface area contributed by atoms with Gasteiger partial charge in [-0.3, -0.25) is 19.5 Å². The van der Waals surface area contributed by atoms with E-state index in [0.29, 0.717) is 35.4 Å². The first kappa shape index (κ1) is 21.8. The number of aromatic nitrogens is 3. The molecule has 4 rings (SSSR count). The second kappa shape index (κ2) is 9.78. The SMILES string of the molecule is COc1ccc2cnn(CC(=O)N3CCN(CCc4ccccn4)CC3)c(=O)c2c1OC. The highest BCUT2D eigenvalue weighted by Gasteiger charge is 2.23. The topological polar surface area (TPSA) is 89.8 Å². The quantitative estimate of drug-likeness (QED) is 0.549. The van der Waals surface area contributed by atoms with E-state index in [0.717, 1.165) is 31.7 Å². The number of benzene rings is 1. The molecule has 3 aromatic rings. The van der Waals surface area contributed by atoms with Crippen LogP contribution in [0.1, 0.15) is 5.69 Å². The average Bonchev–Trinajstić information content (AvgIpc) is 2.84. The fourth-order valence-corrected chi connectivity index (χ4v) is 3.96. The van der Waals surface area contributed by atoms with Crippen LogP contribution in [-0.2, 0) is 17.8 Å². The number of amides is 1. The lowest BCUT2D eigenvalue weighted by Gasteiger charge is -2.34. The molecule has 0 bridgehead atoms. The number of ether oxygens (including phenoxy) is 2. The van der Waals surface area contributed by atoms with E-state index in [-0.39, 0.29) is 18.0 Å². The summed E-state index contributed by atoms with van der Waals surface area (Å²) in [4.78, 5) is 34.4. The largest absolute Gasteiger partial charge is 0.493 e. The van der Waals surface area contributed by atoms with E-state index in [1.165, 1.54) is 18.9 Å². The highest BCUT2D eigenvalue weighted by Crippen LogP contribution is 2.32. The molecular weight excluding hydrogens is 410 g/mol. The minimum atomic E-state index is -0.374. The Morgan fingerprint density at radius 3 is 2.56 bits per heavy atom. The fraction of sp³-hybridized carbons (Fsp3) is 0.391. The molecule has 1 aromatic carbocycles. The van der Waals surface area contributed by atoms with E-state index >= 15 is 0 Å². The number of hydrogen-bond donors (Lipinski definition) is 0. The molecule has 32 heavy (non-hydrogen) atoms. The van der Waals surface area contributed by atoms with E-state index in [9.17, 15) is 9.59 Å². The number of fused-ring (bicyclic) bond motifs is 1. The number of nitrogens with zero attached hydrogens (tertiary/aromatic N) is 5. The first-order valence-electron chi connectivity index (χ1n) is 10.6. The predicted octanol–water partition coefficient (Wildman–Crippen LogP) is 1.20. The summed E-state index contributed by atoms with van der Waals surface area (Å²) in [6.45, 7) is 3.64. The number of piperazine rings is 1. The van der Waals surface area contributed by atoms with E-state index in [4.69, 9.17) is 9.47 Å². The van der Waals surface area contributed by atoms with Crippen molar-refractivity contribution in [2.45, 2.75) is 13.0 Å². The van der Waals surface area contributed by atoms with E-state index in [1.54, 1.807) is 29.4 Å². The van der Waals surface area contributed by atoms with Crippen LogP contribution in [0.2, 0.25) is 0 Å². The minimum Gasteiger partial charge on any atom is -0.493 e. The van der Waals surface area contributed by atoms with Crippen LogP contribution in [0.15, 0.2) is 47.5 Å². The average molecular weight is 438 g/mol. The van der Waals surface area contributed by atoms with Gasteiger partial charge in [-0.1, -0.05) is 6.07 Å². The molecular formula is C23H27N5O4. The van der Waals surface area contributed by atoms with Crippen molar-refractivity contribution in [1.82, 2.24) is 24.6 Å². The predicted molar refractivity (Wildman–Crippen MR) is 120 cm³/mol. The third kappa shape index (κ3) is 4.57. The van der Waals surface area contributed by atoms with Crippen LogP contribution in [0, 0.1) is 0 Å². The Morgan fingerprint density at radius 2 is 1.88 bits per heavy atom. The van der Waals surface area contributed by atoms with Gasteiger partial charge >= 0.3 is 0 Å². The highest BCUT2D eigenvalue weighted by atomic mass is 16.5. The number of carbonyl (C=O) groups excluding carboxylic acids is 1. The molecule has 1 amide bonds. The lowest BCUT2D eigenvalue weighted by Crippen LogP contribution is -2.50. The molecule has 0 aliphatic carbocycles. The molecule has 1 saturated heterocycles. The number of hydrogen-bond acceptors (Lipinski definition) is 7. The maximum Gasteiger partial charge on any atom is 0.279 e. The Hall–Kier alpha value is -3.46. The van der Waals surface area contributed by atoms with Gasteiger partial charge in [-0.25, -0.2) is 4.68 Å². The zero-order valence-corrected chi connectivity index (χ0v) is 18.4. The zero-order valence-electron chi connectivity index (χ0n) is 18.4. The molecule has 1 aliphatic rings. The molecule has 1 fully saturated rings. The monoisotopic (exact) mass is 437 g/mol. The lowest BCUT2D eigenvalue weighted by molar-refractivity contribution is -0.133. The van der Waals surface area contributed by atoms with Gasteiger partial charge in [-0.15, -0.1) is 0 Å². The van der Waals surface area contributed by atoms with Crippen molar-refractivity contribution < 1.29 is 14.3 Å². The molecule has 9 heteroatoms. The van der Waals surface area contributed by atoms with Crippen LogP contribution < -0.4 is 15.0 Å². The van der Waals surface area contributed by atoms with Crippen molar-refractivity contribution in [3.8, 4) is 11.5 Å². The van der Waals surface area contributed by atoms with E-state index in [2.05, 4.69) is 15.0 Å². The van der Waals surface area contributed by atoms with Gasteiger partial charge in [0.15, 0.2) is 11.5 Å². The molecule has 9 nitrogen and oxygen atoms in total. The van der Waals surface area contributed by atoms with Gasteiger partial charge in [-0.2, -0.15) is 5.10 Å². The second-order valence-electron chi connectivity index (χ2n) is 7.67. The Kier molecular flexibility index (Phi) is 6.65. The van der Waals surface area contributed by atoms with Gasteiger partial charge in [0.25, 0.3) is 5.56 Å². The first-order valence-corrected chi connectivity index (χ1v) is 10.6. The molecule has 1 aliphatic heterocycles. The van der Waals surface area contributed by atoms with Crippen LogP contribution >= 0.6 is 0 Å². The fourth-order valence-electron chi connectivity index (χ4n) is 3.96. The molecule has 0 radical (unpaired) electrons. The molecule has 168 valence electrons. The lowest BCUT2D eigenvalue weighted by atomic mass is 10.1.